The maximum absolute atomic E-state index is 10.1. The summed E-state index contributed by atoms with van der Waals surface area (Å²) < 4.78 is 0. The lowest BCUT2D eigenvalue weighted by Gasteiger charge is -1.85. The van der Waals surface area contributed by atoms with E-state index in [0.717, 1.165) is 6.42 Å². The van der Waals surface area contributed by atoms with Gasteiger partial charge in [-0.05, 0) is 6.42 Å². The van der Waals surface area contributed by atoms with Crippen molar-refractivity contribution in [3.8, 4) is 0 Å². The molecule has 0 aromatic carbocycles. The maximum Gasteiger partial charge on any atom is 0.307 e. The molecule has 0 atom stereocenters. The van der Waals surface area contributed by atoms with Gasteiger partial charge in [-0.3, -0.25) is 4.79 Å². The summed E-state index contributed by atoms with van der Waals surface area (Å²) in [4.78, 5) is 10.1. The number of rotatable bonds is 7. The molecule has 0 amide bonds. The Hall–Kier alpha value is -1.31. The standard InChI is InChI=1S/C12H18O2/c1-2-3-4-5-6-7-8-9-10-11-12(13)14/h5-10H,2-4,11H2,1H3,(H,13,14). The van der Waals surface area contributed by atoms with Crippen molar-refractivity contribution in [2.45, 2.75) is 32.6 Å². The molecule has 0 saturated carbocycles. The van der Waals surface area contributed by atoms with Gasteiger partial charge >= 0.3 is 5.97 Å². The molecule has 0 saturated heterocycles. The van der Waals surface area contributed by atoms with Crippen LogP contribution in [0.1, 0.15) is 32.6 Å². The second-order valence-electron chi connectivity index (χ2n) is 2.98. The van der Waals surface area contributed by atoms with Crippen molar-refractivity contribution in [2.24, 2.45) is 0 Å². The SMILES string of the molecule is CCCCC=CC=CC=CCC(=O)O. The topological polar surface area (TPSA) is 37.3 Å². The third-order valence-corrected chi connectivity index (χ3v) is 1.62. The largest absolute Gasteiger partial charge is 0.481 e. The average molecular weight is 194 g/mol. The van der Waals surface area contributed by atoms with Gasteiger partial charge in [-0.1, -0.05) is 56.2 Å². The number of unbranched alkanes of at least 4 members (excludes halogenated alkanes) is 2. The predicted octanol–water partition coefficient (Wildman–Crippen LogP) is 3.32. The van der Waals surface area contributed by atoms with Gasteiger partial charge in [0.15, 0.2) is 0 Å². The first-order valence-electron chi connectivity index (χ1n) is 4.97. The van der Waals surface area contributed by atoms with E-state index in [2.05, 4.69) is 13.0 Å². The van der Waals surface area contributed by atoms with Crippen LogP contribution in [-0.4, -0.2) is 11.1 Å². The molecule has 0 heterocycles. The summed E-state index contributed by atoms with van der Waals surface area (Å²) >= 11 is 0. The molecule has 14 heavy (non-hydrogen) atoms. The molecule has 1 N–H and O–H groups in total. The number of carbonyl (C=O) groups is 1. The predicted molar refractivity (Wildman–Crippen MR) is 59.2 cm³/mol. The summed E-state index contributed by atoms with van der Waals surface area (Å²) in [5.41, 5.74) is 0. The molecule has 0 aromatic rings. The highest BCUT2D eigenvalue weighted by atomic mass is 16.4. The quantitative estimate of drug-likeness (QED) is 0.498. The van der Waals surface area contributed by atoms with Crippen molar-refractivity contribution in [1.82, 2.24) is 0 Å². The van der Waals surface area contributed by atoms with Crippen molar-refractivity contribution in [1.29, 1.82) is 0 Å². The molecule has 0 unspecified atom stereocenters. The van der Waals surface area contributed by atoms with E-state index in [9.17, 15) is 4.79 Å². The molecule has 0 radical (unpaired) electrons. The Morgan fingerprint density at radius 1 is 1.14 bits per heavy atom. The van der Waals surface area contributed by atoms with Crippen LogP contribution in [0, 0.1) is 0 Å². The maximum atomic E-state index is 10.1. The van der Waals surface area contributed by atoms with Crippen LogP contribution in [0.3, 0.4) is 0 Å². The van der Waals surface area contributed by atoms with Crippen molar-refractivity contribution in [2.75, 3.05) is 0 Å². The van der Waals surface area contributed by atoms with Gasteiger partial charge in [0.1, 0.15) is 0 Å². The van der Waals surface area contributed by atoms with Crippen LogP contribution in [0.15, 0.2) is 36.5 Å². The molecule has 2 heteroatoms. The number of carboxylic acids is 1. The van der Waals surface area contributed by atoms with Crippen LogP contribution in [0.4, 0.5) is 0 Å². The molecule has 78 valence electrons. The summed E-state index contributed by atoms with van der Waals surface area (Å²) in [6.45, 7) is 2.16. The van der Waals surface area contributed by atoms with E-state index in [1.165, 1.54) is 12.8 Å². The minimum atomic E-state index is -0.798. The normalized spacial score (nSPS) is 12.1. The third-order valence-electron chi connectivity index (χ3n) is 1.62. The first-order chi connectivity index (χ1) is 6.77. The Bertz CT molecular complexity index is 224. The van der Waals surface area contributed by atoms with Crippen LogP contribution in [0.25, 0.3) is 0 Å². The number of carboxylic acid groups (broad SMARTS) is 1. The first kappa shape index (κ1) is 12.7. The fraction of sp³-hybridized carbons (Fsp3) is 0.417. The van der Waals surface area contributed by atoms with Crippen LogP contribution in [0.2, 0.25) is 0 Å². The van der Waals surface area contributed by atoms with Gasteiger partial charge in [0.05, 0.1) is 6.42 Å². The highest BCUT2D eigenvalue weighted by Gasteiger charge is 1.86. The second kappa shape index (κ2) is 9.78. The summed E-state index contributed by atoms with van der Waals surface area (Å²) in [7, 11) is 0. The number of hydrogen-bond acceptors (Lipinski definition) is 1. The summed E-state index contributed by atoms with van der Waals surface area (Å²) in [5.74, 6) is -0.798. The number of allylic oxidation sites excluding steroid dienone is 5. The van der Waals surface area contributed by atoms with Gasteiger partial charge in [0, 0.05) is 0 Å². The van der Waals surface area contributed by atoms with Crippen LogP contribution in [0.5, 0.6) is 0 Å². The molecular formula is C12H18O2. The van der Waals surface area contributed by atoms with E-state index in [-0.39, 0.29) is 6.42 Å². The monoisotopic (exact) mass is 194 g/mol. The zero-order valence-corrected chi connectivity index (χ0v) is 8.65. The molecule has 0 bridgehead atoms. The lowest BCUT2D eigenvalue weighted by molar-refractivity contribution is -0.135. The zero-order valence-electron chi connectivity index (χ0n) is 8.65. The molecule has 2 nitrogen and oxygen atoms in total. The Balaban J connectivity index is 3.47. The summed E-state index contributed by atoms with van der Waals surface area (Å²) in [6.07, 6.45) is 14.9. The smallest absolute Gasteiger partial charge is 0.307 e. The van der Waals surface area contributed by atoms with E-state index in [1.807, 2.05) is 18.2 Å². The fourth-order valence-electron chi connectivity index (χ4n) is 0.872. The van der Waals surface area contributed by atoms with Gasteiger partial charge in [0.25, 0.3) is 0 Å². The van der Waals surface area contributed by atoms with E-state index in [4.69, 9.17) is 5.11 Å². The van der Waals surface area contributed by atoms with Crippen molar-refractivity contribution in [3.05, 3.63) is 36.5 Å². The lowest BCUT2D eigenvalue weighted by atomic mass is 10.2. The molecule has 0 aliphatic rings. The Kier molecular flexibility index (Phi) is 8.86. The molecule has 0 rings (SSSR count). The average Bonchev–Trinajstić information content (AvgIpc) is 2.15. The third kappa shape index (κ3) is 10.7. The Morgan fingerprint density at radius 3 is 2.36 bits per heavy atom. The highest BCUT2D eigenvalue weighted by Crippen LogP contribution is 1.95. The van der Waals surface area contributed by atoms with Crippen LogP contribution < -0.4 is 0 Å². The van der Waals surface area contributed by atoms with Gasteiger partial charge < -0.3 is 5.11 Å². The Morgan fingerprint density at radius 2 is 1.79 bits per heavy atom. The molecule has 0 fully saturated rings. The second-order valence-corrected chi connectivity index (χ2v) is 2.98. The van der Waals surface area contributed by atoms with Crippen molar-refractivity contribution < 1.29 is 9.90 Å². The highest BCUT2D eigenvalue weighted by molar-refractivity contribution is 5.68. The van der Waals surface area contributed by atoms with Crippen molar-refractivity contribution >= 4 is 5.97 Å². The van der Waals surface area contributed by atoms with Crippen LogP contribution in [-0.2, 0) is 4.79 Å². The molecular weight excluding hydrogens is 176 g/mol. The minimum absolute atomic E-state index is 0.0872. The van der Waals surface area contributed by atoms with Gasteiger partial charge in [0.2, 0.25) is 0 Å². The van der Waals surface area contributed by atoms with Gasteiger partial charge in [-0.15, -0.1) is 0 Å². The Labute approximate surface area is 85.6 Å². The van der Waals surface area contributed by atoms with Gasteiger partial charge in [-0.25, -0.2) is 0 Å². The summed E-state index contributed by atoms with van der Waals surface area (Å²) in [5, 5.41) is 8.32. The summed E-state index contributed by atoms with van der Waals surface area (Å²) in [6, 6.07) is 0. The first-order valence-corrected chi connectivity index (χ1v) is 4.97. The lowest BCUT2D eigenvalue weighted by Crippen LogP contribution is -1.89. The zero-order chi connectivity index (χ0) is 10.6. The number of hydrogen-bond donors (Lipinski definition) is 1. The van der Waals surface area contributed by atoms with E-state index < -0.39 is 5.97 Å². The van der Waals surface area contributed by atoms with E-state index >= 15 is 0 Å². The van der Waals surface area contributed by atoms with E-state index in [0.29, 0.717) is 0 Å². The van der Waals surface area contributed by atoms with Gasteiger partial charge in [-0.2, -0.15) is 0 Å². The molecule has 0 aliphatic heterocycles. The molecule has 0 aromatic heterocycles. The molecule has 0 spiro atoms. The minimum Gasteiger partial charge on any atom is -0.481 e. The molecule has 0 aliphatic carbocycles. The van der Waals surface area contributed by atoms with Crippen LogP contribution >= 0.6 is 0 Å². The van der Waals surface area contributed by atoms with Crippen molar-refractivity contribution in [3.63, 3.8) is 0 Å². The fourth-order valence-corrected chi connectivity index (χ4v) is 0.872. The number of aliphatic carboxylic acids is 1. The van der Waals surface area contributed by atoms with E-state index in [1.54, 1.807) is 12.2 Å².